The molecule has 1 aliphatic heterocycles. The Morgan fingerprint density at radius 3 is 2.83 bits per heavy atom. The molecule has 0 bridgehead atoms. The molecule has 0 unspecified atom stereocenters. The molecule has 1 aliphatic rings. The zero-order chi connectivity index (χ0) is 13.1. The van der Waals surface area contributed by atoms with Gasteiger partial charge < -0.3 is 10.0 Å². The molecule has 1 amide bonds. The number of hydrogen-bond donors (Lipinski definition) is 1. The first kappa shape index (κ1) is 12.5. The zero-order valence-corrected chi connectivity index (χ0v) is 9.67. The second kappa shape index (κ2) is 5.12. The third kappa shape index (κ3) is 2.47. The first-order valence-electron chi connectivity index (χ1n) is 5.74. The van der Waals surface area contributed by atoms with Crippen LogP contribution in [0.2, 0.25) is 0 Å². The number of carboxylic acids is 1. The fourth-order valence-electron chi connectivity index (χ4n) is 2.13. The summed E-state index contributed by atoms with van der Waals surface area (Å²) in [5.41, 5.74) is 0.0863. The second-order valence-electron chi connectivity index (χ2n) is 4.24. The third-order valence-electron chi connectivity index (χ3n) is 3.00. The summed E-state index contributed by atoms with van der Waals surface area (Å²) in [6.07, 6.45) is 4.23. The number of aromatic nitrogens is 1. The maximum absolute atomic E-state index is 13.0. The molecule has 2 rings (SSSR count). The standard InChI is InChI=1S/C12H13FN2O3/c13-9-5-8(6-14-7-9)11(16)15-4-2-1-3-10(15)12(17)18/h5-7,10H,1-4H2,(H,17,18)/t10-/m0/s1. The van der Waals surface area contributed by atoms with Gasteiger partial charge in [-0.15, -0.1) is 0 Å². The SMILES string of the molecule is O=C(O)[C@@H]1CCCCN1C(=O)c1cncc(F)c1. The average Bonchev–Trinajstić information content (AvgIpc) is 2.38. The lowest BCUT2D eigenvalue weighted by Gasteiger charge is -2.32. The van der Waals surface area contributed by atoms with Crippen molar-refractivity contribution in [2.24, 2.45) is 0 Å². The van der Waals surface area contributed by atoms with Crippen molar-refractivity contribution in [1.82, 2.24) is 9.88 Å². The number of amides is 1. The normalized spacial score (nSPS) is 19.6. The Labute approximate surface area is 103 Å². The van der Waals surface area contributed by atoms with Crippen LogP contribution < -0.4 is 0 Å². The number of pyridine rings is 1. The van der Waals surface area contributed by atoms with Gasteiger partial charge in [0, 0.05) is 12.7 Å². The lowest BCUT2D eigenvalue weighted by molar-refractivity contribution is -0.143. The van der Waals surface area contributed by atoms with E-state index in [0.717, 1.165) is 25.1 Å². The van der Waals surface area contributed by atoms with E-state index in [1.165, 1.54) is 11.1 Å². The van der Waals surface area contributed by atoms with Crippen LogP contribution in [0.5, 0.6) is 0 Å². The average molecular weight is 252 g/mol. The highest BCUT2D eigenvalue weighted by molar-refractivity contribution is 5.96. The van der Waals surface area contributed by atoms with Crippen LogP contribution in [-0.4, -0.2) is 39.5 Å². The van der Waals surface area contributed by atoms with E-state index in [9.17, 15) is 14.0 Å². The summed E-state index contributed by atoms with van der Waals surface area (Å²) in [4.78, 5) is 28.1. The summed E-state index contributed by atoms with van der Waals surface area (Å²) in [6, 6.07) is 0.248. The Morgan fingerprint density at radius 2 is 2.17 bits per heavy atom. The fourth-order valence-corrected chi connectivity index (χ4v) is 2.13. The monoisotopic (exact) mass is 252 g/mol. The maximum atomic E-state index is 13.0. The van der Waals surface area contributed by atoms with Crippen LogP contribution in [-0.2, 0) is 4.79 Å². The van der Waals surface area contributed by atoms with Crippen molar-refractivity contribution >= 4 is 11.9 Å². The zero-order valence-electron chi connectivity index (χ0n) is 9.67. The molecule has 0 spiro atoms. The Bertz CT molecular complexity index is 478. The molecule has 1 aromatic heterocycles. The molecule has 1 atom stereocenters. The van der Waals surface area contributed by atoms with Gasteiger partial charge >= 0.3 is 5.97 Å². The molecule has 1 aromatic rings. The molecule has 18 heavy (non-hydrogen) atoms. The van der Waals surface area contributed by atoms with Crippen molar-refractivity contribution in [2.45, 2.75) is 25.3 Å². The van der Waals surface area contributed by atoms with Gasteiger partial charge in [-0.25, -0.2) is 9.18 Å². The van der Waals surface area contributed by atoms with E-state index in [1.807, 2.05) is 0 Å². The number of halogens is 1. The maximum Gasteiger partial charge on any atom is 0.326 e. The Morgan fingerprint density at radius 1 is 1.39 bits per heavy atom. The summed E-state index contributed by atoms with van der Waals surface area (Å²) in [5.74, 6) is -2.11. The molecule has 1 fully saturated rings. The predicted octanol–water partition coefficient (Wildman–Crippen LogP) is 1.30. The lowest BCUT2D eigenvalue weighted by Crippen LogP contribution is -2.48. The second-order valence-corrected chi connectivity index (χ2v) is 4.24. The number of carboxylic acid groups (broad SMARTS) is 1. The number of carbonyl (C=O) groups is 2. The lowest BCUT2D eigenvalue weighted by atomic mass is 10.0. The van der Waals surface area contributed by atoms with E-state index in [2.05, 4.69) is 4.98 Å². The number of carbonyl (C=O) groups excluding carboxylic acids is 1. The molecule has 6 heteroatoms. The molecule has 96 valence electrons. The highest BCUT2D eigenvalue weighted by Crippen LogP contribution is 2.19. The third-order valence-corrected chi connectivity index (χ3v) is 3.00. The van der Waals surface area contributed by atoms with E-state index < -0.39 is 23.7 Å². The number of aliphatic carboxylic acids is 1. The van der Waals surface area contributed by atoms with E-state index in [4.69, 9.17) is 5.11 Å². The number of rotatable bonds is 2. The quantitative estimate of drug-likeness (QED) is 0.861. The van der Waals surface area contributed by atoms with Crippen LogP contribution in [0, 0.1) is 5.82 Å². The van der Waals surface area contributed by atoms with Crippen LogP contribution >= 0.6 is 0 Å². The van der Waals surface area contributed by atoms with Crippen molar-refractivity contribution in [3.63, 3.8) is 0 Å². The largest absolute Gasteiger partial charge is 0.480 e. The highest BCUT2D eigenvalue weighted by atomic mass is 19.1. The van der Waals surface area contributed by atoms with Gasteiger partial charge in [0.25, 0.3) is 5.91 Å². The van der Waals surface area contributed by atoms with Crippen molar-refractivity contribution in [3.05, 3.63) is 29.8 Å². The van der Waals surface area contributed by atoms with Crippen LogP contribution in [0.1, 0.15) is 29.6 Å². The predicted molar refractivity (Wildman–Crippen MR) is 60.5 cm³/mol. The minimum atomic E-state index is -1.02. The van der Waals surface area contributed by atoms with E-state index >= 15 is 0 Å². The van der Waals surface area contributed by atoms with Gasteiger partial charge in [-0.05, 0) is 25.3 Å². The molecular weight excluding hydrogens is 239 g/mol. The summed E-state index contributed by atoms with van der Waals surface area (Å²) in [7, 11) is 0. The Kier molecular flexibility index (Phi) is 3.55. The molecule has 0 aliphatic carbocycles. The number of hydrogen-bond acceptors (Lipinski definition) is 3. The van der Waals surface area contributed by atoms with Crippen LogP contribution in [0.3, 0.4) is 0 Å². The minimum absolute atomic E-state index is 0.0863. The van der Waals surface area contributed by atoms with Gasteiger partial charge in [0.15, 0.2) is 0 Å². The van der Waals surface area contributed by atoms with Gasteiger partial charge in [0.05, 0.1) is 11.8 Å². The Hall–Kier alpha value is -1.98. The summed E-state index contributed by atoms with van der Waals surface area (Å²) >= 11 is 0. The number of nitrogens with zero attached hydrogens (tertiary/aromatic N) is 2. The van der Waals surface area contributed by atoms with E-state index in [0.29, 0.717) is 13.0 Å². The van der Waals surface area contributed by atoms with Gasteiger partial charge in [0.1, 0.15) is 11.9 Å². The molecule has 0 saturated carbocycles. The van der Waals surface area contributed by atoms with Crippen molar-refractivity contribution in [3.8, 4) is 0 Å². The summed E-state index contributed by atoms with van der Waals surface area (Å²) in [6.45, 7) is 0.381. The fraction of sp³-hybridized carbons (Fsp3) is 0.417. The van der Waals surface area contributed by atoms with Crippen LogP contribution in [0.25, 0.3) is 0 Å². The molecule has 1 N–H and O–H groups in total. The van der Waals surface area contributed by atoms with E-state index in [-0.39, 0.29) is 5.56 Å². The highest BCUT2D eigenvalue weighted by Gasteiger charge is 2.32. The molecule has 0 aromatic carbocycles. The van der Waals surface area contributed by atoms with Crippen LogP contribution in [0.15, 0.2) is 18.5 Å². The number of piperidine rings is 1. The summed E-state index contributed by atoms with van der Waals surface area (Å²) < 4.78 is 13.0. The minimum Gasteiger partial charge on any atom is -0.480 e. The molecule has 5 nitrogen and oxygen atoms in total. The van der Waals surface area contributed by atoms with Gasteiger partial charge in [-0.1, -0.05) is 0 Å². The first-order chi connectivity index (χ1) is 8.59. The van der Waals surface area contributed by atoms with Gasteiger partial charge in [-0.2, -0.15) is 0 Å². The summed E-state index contributed by atoms with van der Waals surface area (Å²) in [5, 5.41) is 9.08. The van der Waals surface area contributed by atoms with Crippen molar-refractivity contribution in [2.75, 3.05) is 6.54 Å². The van der Waals surface area contributed by atoms with Crippen molar-refractivity contribution in [1.29, 1.82) is 0 Å². The molecular formula is C12H13FN2O3. The van der Waals surface area contributed by atoms with E-state index in [1.54, 1.807) is 0 Å². The topological polar surface area (TPSA) is 70.5 Å². The smallest absolute Gasteiger partial charge is 0.326 e. The van der Waals surface area contributed by atoms with Crippen molar-refractivity contribution < 1.29 is 19.1 Å². The molecule has 1 saturated heterocycles. The Balaban J connectivity index is 2.23. The first-order valence-corrected chi connectivity index (χ1v) is 5.74. The van der Waals surface area contributed by atoms with Gasteiger partial charge in [-0.3, -0.25) is 9.78 Å². The number of likely N-dealkylation sites (tertiary alicyclic amines) is 1. The van der Waals surface area contributed by atoms with Crippen LogP contribution in [0.4, 0.5) is 4.39 Å². The van der Waals surface area contributed by atoms with Gasteiger partial charge in [0.2, 0.25) is 0 Å². The molecule has 0 radical (unpaired) electrons. The molecule has 2 heterocycles.